The van der Waals surface area contributed by atoms with Crippen LogP contribution in [-0.4, -0.2) is 13.3 Å². The van der Waals surface area contributed by atoms with Crippen molar-refractivity contribution in [1.82, 2.24) is 0 Å². The molecule has 0 radical (unpaired) electrons. The van der Waals surface area contributed by atoms with Gasteiger partial charge >= 0.3 is 0 Å². The van der Waals surface area contributed by atoms with Crippen molar-refractivity contribution in [1.29, 1.82) is 0 Å². The SMILES string of the molecule is NS(=O)(=O)c1c(F)cc([N+](=O)[O-])cc1Br. The van der Waals surface area contributed by atoms with Gasteiger partial charge in [0.15, 0.2) is 5.82 Å². The lowest BCUT2D eigenvalue weighted by molar-refractivity contribution is -0.385. The Balaban J connectivity index is 3.55. The highest BCUT2D eigenvalue weighted by Crippen LogP contribution is 2.28. The van der Waals surface area contributed by atoms with E-state index in [4.69, 9.17) is 5.14 Å². The van der Waals surface area contributed by atoms with Crippen molar-refractivity contribution < 1.29 is 17.7 Å². The van der Waals surface area contributed by atoms with Gasteiger partial charge in [0.05, 0.1) is 11.0 Å². The third-order valence-electron chi connectivity index (χ3n) is 1.48. The van der Waals surface area contributed by atoms with Gasteiger partial charge in [0.25, 0.3) is 5.69 Å². The van der Waals surface area contributed by atoms with Crippen LogP contribution in [0, 0.1) is 15.9 Å². The van der Waals surface area contributed by atoms with Gasteiger partial charge in [-0.1, -0.05) is 0 Å². The predicted octanol–water partition coefficient (Wildman–Crippen LogP) is 1.14. The summed E-state index contributed by atoms with van der Waals surface area (Å²) in [6.07, 6.45) is 0. The maximum atomic E-state index is 13.2. The third kappa shape index (κ3) is 2.49. The molecular weight excluding hydrogens is 295 g/mol. The predicted molar refractivity (Wildman–Crippen MR) is 52.1 cm³/mol. The Morgan fingerprint density at radius 3 is 2.33 bits per heavy atom. The quantitative estimate of drug-likeness (QED) is 0.653. The number of rotatable bonds is 2. The number of benzene rings is 1. The number of primary sulfonamides is 1. The normalized spacial score (nSPS) is 11.4. The van der Waals surface area contributed by atoms with Crippen molar-refractivity contribution in [3.63, 3.8) is 0 Å². The Bertz CT molecular complexity index is 507. The summed E-state index contributed by atoms with van der Waals surface area (Å²) in [5.74, 6) is -1.27. The van der Waals surface area contributed by atoms with E-state index in [9.17, 15) is 22.9 Å². The van der Waals surface area contributed by atoms with E-state index in [0.717, 1.165) is 6.07 Å². The van der Waals surface area contributed by atoms with Gasteiger partial charge in [0, 0.05) is 10.5 Å². The number of non-ortho nitro benzene ring substituents is 1. The van der Waals surface area contributed by atoms with E-state index in [2.05, 4.69) is 15.9 Å². The van der Waals surface area contributed by atoms with E-state index in [-0.39, 0.29) is 4.47 Å². The van der Waals surface area contributed by atoms with E-state index >= 15 is 0 Å². The zero-order valence-electron chi connectivity index (χ0n) is 6.98. The molecule has 6 nitrogen and oxygen atoms in total. The Hall–Kier alpha value is -1.06. The van der Waals surface area contributed by atoms with Crippen LogP contribution in [0.2, 0.25) is 0 Å². The van der Waals surface area contributed by atoms with Crippen molar-refractivity contribution in [2.24, 2.45) is 5.14 Å². The molecule has 0 saturated carbocycles. The number of nitro benzene ring substituents is 1. The molecule has 1 rings (SSSR count). The van der Waals surface area contributed by atoms with E-state index in [1.54, 1.807) is 0 Å². The first-order chi connectivity index (χ1) is 6.73. The first kappa shape index (κ1) is 12.0. The molecule has 2 N–H and O–H groups in total. The van der Waals surface area contributed by atoms with E-state index < -0.39 is 31.3 Å². The Kier molecular flexibility index (Phi) is 3.07. The Labute approximate surface area is 92.2 Å². The molecular formula is C6H4BrFN2O4S. The fraction of sp³-hybridized carbons (Fsp3) is 0. The maximum Gasteiger partial charge on any atom is 0.273 e. The van der Waals surface area contributed by atoms with Crippen LogP contribution < -0.4 is 5.14 Å². The molecule has 0 unspecified atom stereocenters. The summed E-state index contributed by atoms with van der Waals surface area (Å²) in [5, 5.41) is 15.0. The number of halogens is 2. The molecule has 0 fully saturated rings. The molecule has 0 heterocycles. The molecule has 0 amide bonds. The minimum atomic E-state index is -4.25. The minimum Gasteiger partial charge on any atom is -0.258 e. The fourth-order valence-corrected chi connectivity index (χ4v) is 2.69. The molecule has 0 aromatic heterocycles. The molecule has 0 aliphatic carbocycles. The third-order valence-corrected chi connectivity index (χ3v) is 3.35. The molecule has 0 aliphatic rings. The highest BCUT2D eigenvalue weighted by atomic mass is 79.9. The van der Waals surface area contributed by atoms with Crippen LogP contribution in [0.4, 0.5) is 10.1 Å². The second-order valence-electron chi connectivity index (χ2n) is 2.54. The van der Waals surface area contributed by atoms with Gasteiger partial charge in [-0.25, -0.2) is 17.9 Å². The van der Waals surface area contributed by atoms with Crippen molar-refractivity contribution in [2.45, 2.75) is 4.90 Å². The zero-order valence-corrected chi connectivity index (χ0v) is 9.38. The highest BCUT2D eigenvalue weighted by molar-refractivity contribution is 9.10. The number of hydrogen-bond acceptors (Lipinski definition) is 4. The summed E-state index contributed by atoms with van der Waals surface area (Å²) < 4.78 is 34.7. The van der Waals surface area contributed by atoms with Crippen LogP contribution in [0.25, 0.3) is 0 Å². The standard InChI is InChI=1S/C6H4BrFN2O4S/c7-4-1-3(10(11)12)2-5(8)6(4)15(9,13)14/h1-2H,(H2,9,13,14). The summed E-state index contributed by atoms with van der Waals surface area (Å²) in [6, 6.07) is 1.35. The zero-order chi connectivity index (χ0) is 11.8. The monoisotopic (exact) mass is 298 g/mol. The average molecular weight is 299 g/mol. The van der Waals surface area contributed by atoms with Gasteiger partial charge in [0.2, 0.25) is 10.0 Å². The fourth-order valence-electron chi connectivity index (χ4n) is 0.924. The van der Waals surface area contributed by atoms with Crippen LogP contribution in [0.5, 0.6) is 0 Å². The lowest BCUT2D eigenvalue weighted by Crippen LogP contribution is -2.15. The number of nitro groups is 1. The van der Waals surface area contributed by atoms with Gasteiger partial charge < -0.3 is 0 Å². The number of sulfonamides is 1. The lowest BCUT2D eigenvalue weighted by atomic mass is 10.3. The largest absolute Gasteiger partial charge is 0.273 e. The minimum absolute atomic E-state index is 0.281. The van der Waals surface area contributed by atoms with E-state index in [1.165, 1.54) is 0 Å². The molecule has 0 atom stereocenters. The summed E-state index contributed by atoms with van der Waals surface area (Å²) in [7, 11) is -4.25. The molecule has 0 spiro atoms. The van der Waals surface area contributed by atoms with Gasteiger partial charge in [-0.3, -0.25) is 10.1 Å². The number of hydrogen-bond donors (Lipinski definition) is 1. The van der Waals surface area contributed by atoms with Gasteiger partial charge in [-0.2, -0.15) is 0 Å². The van der Waals surface area contributed by atoms with E-state index in [1.807, 2.05) is 0 Å². The first-order valence-corrected chi connectivity index (χ1v) is 5.73. The van der Waals surface area contributed by atoms with Crippen LogP contribution in [-0.2, 0) is 10.0 Å². The summed E-state index contributed by atoms with van der Waals surface area (Å²) in [4.78, 5) is 8.66. The van der Waals surface area contributed by atoms with Crippen LogP contribution in [0.3, 0.4) is 0 Å². The number of nitrogens with two attached hydrogens (primary N) is 1. The number of nitrogens with zero attached hydrogens (tertiary/aromatic N) is 1. The van der Waals surface area contributed by atoms with Crippen LogP contribution in [0.1, 0.15) is 0 Å². The second-order valence-corrected chi connectivity index (χ2v) is 4.89. The van der Waals surface area contributed by atoms with Gasteiger partial charge in [-0.05, 0) is 15.9 Å². The van der Waals surface area contributed by atoms with Crippen LogP contribution >= 0.6 is 15.9 Å². The van der Waals surface area contributed by atoms with Crippen molar-refractivity contribution >= 4 is 31.6 Å². The Morgan fingerprint density at radius 1 is 1.47 bits per heavy atom. The second kappa shape index (κ2) is 3.83. The molecule has 0 bridgehead atoms. The summed E-state index contributed by atoms with van der Waals surface area (Å²) in [5.41, 5.74) is -0.563. The van der Waals surface area contributed by atoms with Gasteiger partial charge in [0.1, 0.15) is 4.90 Å². The molecule has 15 heavy (non-hydrogen) atoms. The molecule has 0 saturated heterocycles. The summed E-state index contributed by atoms with van der Waals surface area (Å²) in [6.45, 7) is 0. The van der Waals surface area contributed by atoms with Crippen molar-refractivity contribution in [2.75, 3.05) is 0 Å². The van der Waals surface area contributed by atoms with Crippen molar-refractivity contribution in [3.8, 4) is 0 Å². The molecule has 1 aromatic rings. The first-order valence-electron chi connectivity index (χ1n) is 3.39. The van der Waals surface area contributed by atoms with E-state index in [0.29, 0.717) is 6.07 Å². The van der Waals surface area contributed by atoms with Gasteiger partial charge in [-0.15, -0.1) is 0 Å². The lowest BCUT2D eigenvalue weighted by Gasteiger charge is -2.02. The molecule has 1 aromatic carbocycles. The smallest absolute Gasteiger partial charge is 0.258 e. The molecule has 82 valence electrons. The van der Waals surface area contributed by atoms with Crippen molar-refractivity contribution in [3.05, 3.63) is 32.5 Å². The molecule has 9 heteroatoms. The Morgan fingerprint density at radius 2 is 2.00 bits per heavy atom. The highest BCUT2D eigenvalue weighted by Gasteiger charge is 2.22. The van der Waals surface area contributed by atoms with Crippen LogP contribution in [0.15, 0.2) is 21.5 Å². The molecule has 0 aliphatic heterocycles. The summed E-state index contributed by atoms with van der Waals surface area (Å²) >= 11 is 2.70. The maximum absolute atomic E-state index is 13.2. The average Bonchev–Trinajstić information content (AvgIpc) is 1.99. The topological polar surface area (TPSA) is 103 Å².